The molecule has 0 atom stereocenters. The van der Waals surface area contributed by atoms with Crippen molar-refractivity contribution in [2.75, 3.05) is 20.3 Å². The summed E-state index contributed by atoms with van der Waals surface area (Å²) in [6.07, 6.45) is 1.49. The second kappa shape index (κ2) is 9.37. The molecule has 1 heterocycles. The summed E-state index contributed by atoms with van der Waals surface area (Å²) in [5.74, 6) is 0.168. The summed E-state index contributed by atoms with van der Waals surface area (Å²) in [7, 11) is 1.28. The van der Waals surface area contributed by atoms with Gasteiger partial charge in [-0.3, -0.25) is 0 Å². The van der Waals surface area contributed by atoms with Crippen LogP contribution in [0.25, 0.3) is 10.9 Å². The van der Waals surface area contributed by atoms with E-state index in [2.05, 4.69) is 4.98 Å². The SMILES string of the molecule is COC(=O)c1cc(OCCCCOc2ccc(Cl)cc2)c2cc(F)ccc2n1. The summed E-state index contributed by atoms with van der Waals surface area (Å²) in [5, 5.41) is 1.16. The number of fused-ring (bicyclic) bond motifs is 1. The van der Waals surface area contributed by atoms with Gasteiger partial charge in [-0.2, -0.15) is 0 Å². The van der Waals surface area contributed by atoms with E-state index in [1.165, 1.54) is 31.4 Å². The first-order valence-electron chi connectivity index (χ1n) is 8.76. The standard InChI is InChI=1S/C21H19ClFNO4/c1-26-21(25)19-13-20(17-12-15(23)6-9-18(17)24-19)28-11-3-2-10-27-16-7-4-14(22)5-8-16/h4-9,12-13H,2-3,10-11H2,1H3. The Hall–Kier alpha value is -2.86. The molecule has 0 unspecified atom stereocenters. The molecule has 0 amide bonds. The molecule has 2 aromatic carbocycles. The van der Waals surface area contributed by atoms with Crippen LogP contribution in [0.3, 0.4) is 0 Å². The molecule has 146 valence electrons. The first-order valence-corrected chi connectivity index (χ1v) is 9.14. The molecule has 0 fully saturated rings. The quantitative estimate of drug-likeness (QED) is 0.389. The van der Waals surface area contributed by atoms with Crippen LogP contribution in [-0.2, 0) is 4.74 Å². The third kappa shape index (κ3) is 5.10. The average Bonchev–Trinajstić information content (AvgIpc) is 2.71. The summed E-state index contributed by atoms with van der Waals surface area (Å²) in [4.78, 5) is 16.0. The molecule has 0 saturated carbocycles. The Morgan fingerprint density at radius 2 is 1.75 bits per heavy atom. The molecule has 5 nitrogen and oxygen atoms in total. The van der Waals surface area contributed by atoms with Crippen LogP contribution in [0, 0.1) is 5.82 Å². The van der Waals surface area contributed by atoms with Crippen LogP contribution in [0.5, 0.6) is 11.5 Å². The number of carbonyl (C=O) groups is 1. The molecule has 3 rings (SSSR count). The molecule has 0 aliphatic carbocycles. The van der Waals surface area contributed by atoms with Crippen molar-refractivity contribution in [3.8, 4) is 11.5 Å². The van der Waals surface area contributed by atoms with Crippen molar-refractivity contribution in [1.29, 1.82) is 0 Å². The van der Waals surface area contributed by atoms with E-state index in [4.69, 9.17) is 25.8 Å². The highest BCUT2D eigenvalue weighted by Gasteiger charge is 2.14. The zero-order valence-corrected chi connectivity index (χ0v) is 16.0. The number of esters is 1. The van der Waals surface area contributed by atoms with Crippen LogP contribution in [0.1, 0.15) is 23.3 Å². The van der Waals surface area contributed by atoms with E-state index in [9.17, 15) is 9.18 Å². The van der Waals surface area contributed by atoms with Crippen molar-refractivity contribution in [1.82, 2.24) is 4.98 Å². The van der Waals surface area contributed by atoms with E-state index in [1.807, 2.05) is 12.1 Å². The van der Waals surface area contributed by atoms with E-state index in [0.29, 0.717) is 34.9 Å². The maximum Gasteiger partial charge on any atom is 0.356 e. The zero-order chi connectivity index (χ0) is 19.9. The van der Waals surface area contributed by atoms with Gasteiger partial charge in [-0.05, 0) is 55.3 Å². The number of aromatic nitrogens is 1. The number of hydrogen-bond acceptors (Lipinski definition) is 5. The highest BCUT2D eigenvalue weighted by molar-refractivity contribution is 6.30. The molecule has 0 aliphatic heterocycles. The minimum atomic E-state index is -0.576. The van der Waals surface area contributed by atoms with Crippen LogP contribution in [0.4, 0.5) is 4.39 Å². The van der Waals surface area contributed by atoms with E-state index >= 15 is 0 Å². The predicted molar refractivity (Wildman–Crippen MR) is 105 cm³/mol. The lowest BCUT2D eigenvalue weighted by atomic mass is 10.1. The summed E-state index contributed by atoms with van der Waals surface area (Å²) in [6, 6.07) is 12.8. The Kier molecular flexibility index (Phi) is 6.66. The molecule has 0 radical (unpaired) electrons. The second-order valence-electron chi connectivity index (χ2n) is 6.02. The molecule has 0 N–H and O–H groups in total. The van der Waals surface area contributed by atoms with Gasteiger partial charge < -0.3 is 14.2 Å². The third-order valence-corrected chi connectivity index (χ3v) is 4.26. The van der Waals surface area contributed by atoms with Crippen LogP contribution in [-0.4, -0.2) is 31.3 Å². The maximum absolute atomic E-state index is 13.6. The predicted octanol–water partition coefficient (Wildman–Crippen LogP) is 5.05. The Labute approximate surface area is 167 Å². The fourth-order valence-corrected chi connectivity index (χ4v) is 2.73. The molecule has 28 heavy (non-hydrogen) atoms. The number of unbranched alkanes of at least 4 members (excludes halogenated alkanes) is 1. The summed E-state index contributed by atoms with van der Waals surface area (Å²) in [6.45, 7) is 0.921. The molecule has 0 aliphatic rings. The molecular weight excluding hydrogens is 385 g/mol. The van der Waals surface area contributed by atoms with Crippen molar-refractivity contribution >= 4 is 28.5 Å². The van der Waals surface area contributed by atoms with Gasteiger partial charge in [0, 0.05) is 16.5 Å². The van der Waals surface area contributed by atoms with Crippen molar-refractivity contribution in [2.45, 2.75) is 12.8 Å². The number of hydrogen-bond donors (Lipinski definition) is 0. The molecule has 0 spiro atoms. The number of halogens is 2. The fraction of sp³-hybridized carbons (Fsp3) is 0.238. The molecule has 0 bridgehead atoms. The van der Waals surface area contributed by atoms with E-state index in [1.54, 1.807) is 12.1 Å². The van der Waals surface area contributed by atoms with Crippen LogP contribution < -0.4 is 9.47 Å². The van der Waals surface area contributed by atoms with E-state index in [-0.39, 0.29) is 5.69 Å². The van der Waals surface area contributed by atoms with Gasteiger partial charge in [-0.15, -0.1) is 0 Å². The van der Waals surface area contributed by atoms with Gasteiger partial charge >= 0.3 is 5.97 Å². The third-order valence-electron chi connectivity index (χ3n) is 4.01. The number of benzene rings is 2. The molecule has 1 aromatic heterocycles. The summed E-state index contributed by atoms with van der Waals surface area (Å²) >= 11 is 5.83. The highest BCUT2D eigenvalue weighted by atomic mass is 35.5. The maximum atomic E-state index is 13.6. The molecular formula is C21H19ClFNO4. The fourth-order valence-electron chi connectivity index (χ4n) is 2.60. The Balaban J connectivity index is 1.59. The molecule has 7 heteroatoms. The number of ether oxygens (including phenoxy) is 3. The van der Waals surface area contributed by atoms with Gasteiger partial charge in [0.1, 0.15) is 17.3 Å². The van der Waals surface area contributed by atoms with Crippen molar-refractivity contribution in [3.05, 3.63) is 65.1 Å². The smallest absolute Gasteiger partial charge is 0.356 e. The molecule has 3 aromatic rings. The Morgan fingerprint density at radius 3 is 2.46 bits per heavy atom. The van der Waals surface area contributed by atoms with Gasteiger partial charge in [0.15, 0.2) is 5.69 Å². The zero-order valence-electron chi connectivity index (χ0n) is 15.3. The van der Waals surface area contributed by atoms with Crippen molar-refractivity contribution < 1.29 is 23.4 Å². The number of pyridine rings is 1. The van der Waals surface area contributed by atoms with Crippen molar-refractivity contribution in [3.63, 3.8) is 0 Å². The Bertz CT molecular complexity index is 963. The normalized spacial score (nSPS) is 10.7. The monoisotopic (exact) mass is 403 g/mol. The largest absolute Gasteiger partial charge is 0.494 e. The second-order valence-corrected chi connectivity index (χ2v) is 6.45. The number of rotatable bonds is 8. The minimum Gasteiger partial charge on any atom is -0.494 e. The topological polar surface area (TPSA) is 57.7 Å². The summed E-state index contributed by atoms with van der Waals surface area (Å²) < 4.78 is 29.8. The Morgan fingerprint density at radius 1 is 1.04 bits per heavy atom. The van der Waals surface area contributed by atoms with Crippen molar-refractivity contribution in [2.24, 2.45) is 0 Å². The molecule has 0 saturated heterocycles. The lowest BCUT2D eigenvalue weighted by Gasteiger charge is -2.11. The van der Waals surface area contributed by atoms with Crippen LogP contribution in [0.2, 0.25) is 5.02 Å². The number of nitrogens with zero attached hydrogens (tertiary/aromatic N) is 1. The minimum absolute atomic E-state index is 0.114. The summed E-state index contributed by atoms with van der Waals surface area (Å²) in [5.41, 5.74) is 0.577. The lowest BCUT2D eigenvalue weighted by Crippen LogP contribution is -2.07. The van der Waals surface area contributed by atoms with Gasteiger partial charge in [0.2, 0.25) is 0 Å². The van der Waals surface area contributed by atoms with E-state index in [0.717, 1.165) is 18.6 Å². The van der Waals surface area contributed by atoms with Crippen LogP contribution in [0.15, 0.2) is 48.5 Å². The van der Waals surface area contributed by atoms with Gasteiger partial charge in [-0.25, -0.2) is 14.2 Å². The number of carbonyl (C=O) groups excluding carboxylic acids is 1. The lowest BCUT2D eigenvalue weighted by molar-refractivity contribution is 0.0594. The average molecular weight is 404 g/mol. The van der Waals surface area contributed by atoms with Crippen LogP contribution >= 0.6 is 11.6 Å². The van der Waals surface area contributed by atoms with E-state index < -0.39 is 11.8 Å². The highest BCUT2D eigenvalue weighted by Crippen LogP contribution is 2.27. The van der Waals surface area contributed by atoms with Gasteiger partial charge in [0.25, 0.3) is 0 Å². The van der Waals surface area contributed by atoms with Gasteiger partial charge in [-0.1, -0.05) is 11.6 Å². The first-order chi connectivity index (χ1) is 13.6. The first kappa shape index (κ1) is 19.9. The number of methoxy groups -OCH3 is 1. The van der Waals surface area contributed by atoms with Gasteiger partial charge in [0.05, 0.1) is 25.8 Å².